The van der Waals surface area contributed by atoms with Crippen molar-refractivity contribution < 1.29 is 4.79 Å². The first-order chi connectivity index (χ1) is 11.6. The molecule has 24 heavy (non-hydrogen) atoms. The second-order valence-corrected chi connectivity index (χ2v) is 7.32. The van der Waals surface area contributed by atoms with Gasteiger partial charge in [0, 0.05) is 12.2 Å². The number of hydrogen-bond donors (Lipinski definition) is 1. The van der Waals surface area contributed by atoms with Crippen molar-refractivity contribution in [2.75, 3.05) is 5.32 Å². The lowest BCUT2D eigenvalue weighted by atomic mass is 10.1. The number of nitrogens with zero attached hydrogens (tertiary/aromatic N) is 3. The van der Waals surface area contributed by atoms with Crippen molar-refractivity contribution in [1.29, 1.82) is 0 Å². The van der Waals surface area contributed by atoms with Crippen molar-refractivity contribution in [2.24, 2.45) is 0 Å². The van der Waals surface area contributed by atoms with Crippen molar-refractivity contribution in [2.45, 2.75) is 50.1 Å². The Bertz CT molecular complexity index is 768. The van der Waals surface area contributed by atoms with Crippen LogP contribution in [0.4, 0.5) is 5.69 Å². The highest BCUT2D eigenvalue weighted by Crippen LogP contribution is 2.26. The summed E-state index contributed by atoms with van der Waals surface area (Å²) >= 11 is 1.41. The molecule has 1 aliphatic rings. The summed E-state index contributed by atoms with van der Waals surface area (Å²) < 4.78 is 1.96. The van der Waals surface area contributed by atoms with Crippen LogP contribution in [0.25, 0.3) is 0 Å². The first kappa shape index (κ1) is 16.8. The topological polar surface area (TPSA) is 59.8 Å². The number of nitrogens with one attached hydrogen (secondary N) is 1. The van der Waals surface area contributed by atoms with Gasteiger partial charge >= 0.3 is 0 Å². The minimum Gasteiger partial charge on any atom is -0.325 e. The summed E-state index contributed by atoms with van der Waals surface area (Å²) in [6.45, 7) is 8.17. The Balaban J connectivity index is 1.66. The summed E-state index contributed by atoms with van der Waals surface area (Å²) in [5, 5.41) is 11.7. The third-order valence-corrected chi connectivity index (χ3v) is 5.31. The van der Waals surface area contributed by atoms with Crippen LogP contribution in [-0.4, -0.2) is 25.9 Å². The minimum atomic E-state index is -0.259. The zero-order valence-electron chi connectivity index (χ0n) is 14.1. The Morgan fingerprint density at radius 2 is 2.21 bits per heavy atom. The van der Waals surface area contributed by atoms with Crippen molar-refractivity contribution in [3.8, 4) is 0 Å². The number of rotatable bonds is 6. The fourth-order valence-corrected chi connectivity index (χ4v) is 3.80. The number of thioether (sulfide) groups is 1. The van der Waals surface area contributed by atoms with E-state index in [4.69, 9.17) is 0 Å². The van der Waals surface area contributed by atoms with Gasteiger partial charge < -0.3 is 9.88 Å². The average Bonchev–Trinajstić information content (AvgIpc) is 3.16. The Labute approximate surface area is 146 Å². The van der Waals surface area contributed by atoms with Crippen molar-refractivity contribution in [3.05, 3.63) is 47.8 Å². The number of hydrogen-bond acceptors (Lipinski definition) is 4. The molecular formula is C18H22N4OS. The van der Waals surface area contributed by atoms with Gasteiger partial charge in [-0.2, -0.15) is 0 Å². The molecule has 1 N–H and O–H groups in total. The average molecular weight is 342 g/mol. The molecule has 1 aromatic carbocycles. The molecule has 0 saturated heterocycles. The van der Waals surface area contributed by atoms with E-state index in [2.05, 4.69) is 34.2 Å². The number of anilines is 1. The molecule has 1 heterocycles. The Hall–Kier alpha value is -2.08. The van der Waals surface area contributed by atoms with Crippen LogP contribution in [0, 0.1) is 6.92 Å². The van der Waals surface area contributed by atoms with E-state index in [1.807, 2.05) is 24.5 Å². The van der Waals surface area contributed by atoms with E-state index < -0.39 is 0 Å². The van der Waals surface area contributed by atoms with Crippen LogP contribution >= 0.6 is 11.8 Å². The Morgan fingerprint density at radius 1 is 1.42 bits per heavy atom. The first-order valence-corrected chi connectivity index (χ1v) is 9.06. The standard InChI is InChI=1S/C18H22N4OS/c1-4-10-22-13(3)20-21-18(22)24-12(2)17(23)19-16-9-8-14-6-5-7-15(14)11-16/h4,8-9,11-12H,1,5-7,10H2,2-3H3,(H,19,23)/t12-/m1/s1. The van der Waals surface area contributed by atoms with E-state index >= 15 is 0 Å². The predicted molar refractivity (Wildman–Crippen MR) is 97.4 cm³/mol. The van der Waals surface area contributed by atoms with Gasteiger partial charge in [0.2, 0.25) is 5.91 Å². The molecular weight excluding hydrogens is 320 g/mol. The molecule has 3 rings (SSSR count). The maximum atomic E-state index is 12.5. The number of benzene rings is 1. The molecule has 1 aliphatic carbocycles. The van der Waals surface area contributed by atoms with E-state index in [0.717, 1.165) is 29.5 Å². The quantitative estimate of drug-likeness (QED) is 0.646. The smallest absolute Gasteiger partial charge is 0.237 e. The molecule has 126 valence electrons. The summed E-state index contributed by atoms with van der Waals surface area (Å²) in [5.41, 5.74) is 3.63. The number of aryl methyl sites for hydroxylation is 3. The van der Waals surface area contributed by atoms with Gasteiger partial charge in [-0.15, -0.1) is 16.8 Å². The third-order valence-electron chi connectivity index (χ3n) is 4.23. The Morgan fingerprint density at radius 3 is 3.00 bits per heavy atom. The number of carbonyl (C=O) groups excluding carboxylic acids is 1. The van der Waals surface area contributed by atoms with Crippen LogP contribution in [0.3, 0.4) is 0 Å². The molecule has 0 unspecified atom stereocenters. The van der Waals surface area contributed by atoms with E-state index in [1.165, 1.54) is 29.3 Å². The second kappa shape index (κ2) is 7.21. The van der Waals surface area contributed by atoms with Gasteiger partial charge in [-0.05, 0) is 56.4 Å². The molecule has 1 aromatic heterocycles. The summed E-state index contributed by atoms with van der Waals surface area (Å²) in [7, 11) is 0. The van der Waals surface area contributed by atoms with Crippen molar-refractivity contribution in [1.82, 2.24) is 14.8 Å². The van der Waals surface area contributed by atoms with Gasteiger partial charge in [-0.25, -0.2) is 0 Å². The monoisotopic (exact) mass is 342 g/mol. The van der Waals surface area contributed by atoms with E-state index in [1.54, 1.807) is 6.08 Å². The molecule has 0 aliphatic heterocycles. The highest BCUT2D eigenvalue weighted by molar-refractivity contribution is 8.00. The van der Waals surface area contributed by atoms with Gasteiger partial charge in [0.1, 0.15) is 5.82 Å². The van der Waals surface area contributed by atoms with Crippen LogP contribution in [-0.2, 0) is 24.2 Å². The molecule has 1 atom stereocenters. The highest BCUT2D eigenvalue weighted by atomic mass is 32.2. The van der Waals surface area contributed by atoms with Gasteiger partial charge in [0.25, 0.3) is 0 Å². The van der Waals surface area contributed by atoms with Crippen molar-refractivity contribution in [3.63, 3.8) is 0 Å². The zero-order chi connectivity index (χ0) is 17.1. The fraction of sp³-hybridized carbons (Fsp3) is 0.389. The molecule has 1 amide bonds. The van der Waals surface area contributed by atoms with Gasteiger partial charge in [-0.3, -0.25) is 4.79 Å². The highest BCUT2D eigenvalue weighted by Gasteiger charge is 2.19. The van der Waals surface area contributed by atoms with Crippen LogP contribution < -0.4 is 5.32 Å². The van der Waals surface area contributed by atoms with Crippen LogP contribution in [0.2, 0.25) is 0 Å². The third kappa shape index (κ3) is 3.53. The first-order valence-electron chi connectivity index (χ1n) is 8.18. The summed E-state index contributed by atoms with van der Waals surface area (Å²) in [5.74, 6) is 0.799. The van der Waals surface area contributed by atoms with Gasteiger partial charge in [-0.1, -0.05) is 23.9 Å². The fourth-order valence-electron chi connectivity index (χ4n) is 2.89. The van der Waals surface area contributed by atoms with Crippen LogP contribution in [0.1, 0.15) is 30.3 Å². The van der Waals surface area contributed by atoms with E-state index in [-0.39, 0.29) is 11.2 Å². The largest absolute Gasteiger partial charge is 0.325 e. The van der Waals surface area contributed by atoms with Gasteiger partial charge in [0.05, 0.1) is 5.25 Å². The molecule has 0 fully saturated rings. The lowest BCUT2D eigenvalue weighted by molar-refractivity contribution is -0.115. The zero-order valence-corrected chi connectivity index (χ0v) is 14.9. The molecule has 0 radical (unpaired) electrons. The molecule has 0 bridgehead atoms. The number of amides is 1. The number of fused-ring (bicyclic) bond motifs is 1. The molecule has 5 nitrogen and oxygen atoms in total. The molecule has 2 aromatic rings. The molecule has 6 heteroatoms. The second-order valence-electron chi connectivity index (χ2n) is 6.02. The summed E-state index contributed by atoms with van der Waals surface area (Å²) in [6, 6.07) is 6.21. The number of carbonyl (C=O) groups is 1. The maximum Gasteiger partial charge on any atom is 0.237 e. The molecule has 0 spiro atoms. The SMILES string of the molecule is C=CCn1c(C)nnc1S[C@H](C)C(=O)Nc1ccc2c(c1)CCC2. The maximum absolute atomic E-state index is 12.5. The normalized spacial score (nSPS) is 14.2. The lowest BCUT2D eigenvalue weighted by Gasteiger charge is -2.13. The lowest BCUT2D eigenvalue weighted by Crippen LogP contribution is -2.23. The van der Waals surface area contributed by atoms with Crippen LogP contribution in [0.5, 0.6) is 0 Å². The van der Waals surface area contributed by atoms with E-state index in [9.17, 15) is 4.79 Å². The Kier molecular flexibility index (Phi) is 5.04. The van der Waals surface area contributed by atoms with Gasteiger partial charge in [0.15, 0.2) is 5.16 Å². The number of aromatic nitrogens is 3. The summed E-state index contributed by atoms with van der Waals surface area (Å²) in [6.07, 6.45) is 5.26. The minimum absolute atomic E-state index is 0.0243. The van der Waals surface area contributed by atoms with E-state index in [0.29, 0.717) is 6.54 Å². The van der Waals surface area contributed by atoms with Crippen molar-refractivity contribution >= 4 is 23.4 Å². The number of allylic oxidation sites excluding steroid dienone is 1. The predicted octanol–water partition coefficient (Wildman–Crippen LogP) is 3.38. The summed E-state index contributed by atoms with van der Waals surface area (Å²) in [4.78, 5) is 12.5. The molecule has 0 saturated carbocycles. The van der Waals surface area contributed by atoms with Crippen LogP contribution in [0.15, 0.2) is 36.0 Å².